The zero-order chi connectivity index (χ0) is 16.8. The number of allylic oxidation sites excluding steroid dienone is 1. The smallest absolute Gasteiger partial charge is 0.748 e. The van der Waals surface area contributed by atoms with Crippen molar-refractivity contribution in [3.8, 4) is 0 Å². The Morgan fingerprint density at radius 1 is 1.04 bits per heavy atom. The Hall–Kier alpha value is 0.900. The van der Waals surface area contributed by atoms with Crippen molar-refractivity contribution in [2.45, 2.75) is 25.7 Å². The first kappa shape index (κ1) is 27.1. The minimum Gasteiger partial charge on any atom is -0.748 e. The van der Waals surface area contributed by atoms with Gasteiger partial charge in [0.1, 0.15) is 0 Å². The number of nitrogens with one attached hydrogen (secondary N) is 1. The van der Waals surface area contributed by atoms with E-state index in [4.69, 9.17) is 0 Å². The molecule has 0 atom stereocenters. The second kappa shape index (κ2) is 12.3. The van der Waals surface area contributed by atoms with Gasteiger partial charge in [-0.15, -0.1) is 0 Å². The maximum atomic E-state index is 10.7. The average Bonchev–Trinajstić information content (AvgIpc) is 2.34. The molecule has 0 aromatic carbocycles. The molecule has 128 valence electrons. The summed E-state index contributed by atoms with van der Waals surface area (Å²) in [4.78, 5) is 1.80. The van der Waals surface area contributed by atoms with E-state index in [0.717, 1.165) is 5.70 Å². The fourth-order valence-electron chi connectivity index (χ4n) is 2.24. The van der Waals surface area contributed by atoms with E-state index in [1.165, 1.54) is 0 Å². The summed E-state index contributed by atoms with van der Waals surface area (Å²) in [7, 11) is -6.71. The van der Waals surface area contributed by atoms with Gasteiger partial charge in [0.15, 0.2) is 0 Å². The molecule has 0 amide bonds. The van der Waals surface area contributed by atoms with Crippen molar-refractivity contribution in [2.24, 2.45) is 5.92 Å². The molecule has 0 fully saturated rings. The molecule has 0 saturated heterocycles. The molecule has 0 spiro atoms. The summed E-state index contributed by atoms with van der Waals surface area (Å²) in [6, 6.07) is 0. The van der Waals surface area contributed by atoms with E-state index in [1.807, 2.05) is 13.2 Å². The number of hydrogen-bond donors (Lipinski definition) is 1. The molecule has 1 aliphatic heterocycles. The minimum absolute atomic E-state index is 0. The Morgan fingerprint density at radius 3 is 1.88 bits per heavy atom. The van der Waals surface area contributed by atoms with E-state index in [2.05, 4.69) is 5.32 Å². The molecule has 1 rings (SSSR count). The molecule has 1 aliphatic rings. The molecule has 0 unspecified atom stereocenters. The average molecular weight is 398 g/mol. The largest absolute Gasteiger partial charge is 1.00 e. The Kier molecular flexibility index (Phi) is 13.9. The summed E-state index contributed by atoms with van der Waals surface area (Å²) in [5, 5.41) is 3.03. The molecule has 0 aromatic heterocycles. The van der Waals surface area contributed by atoms with Crippen LogP contribution in [0.1, 0.15) is 25.7 Å². The third-order valence-electron chi connectivity index (χ3n) is 3.24. The normalized spacial score (nSPS) is 14.5. The Labute approximate surface area is 188 Å². The zero-order valence-electron chi connectivity index (χ0n) is 14.3. The predicted molar refractivity (Wildman–Crippen MR) is 79.2 cm³/mol. The van der Waals surface area contributed by atoms with Gasteiger partial charge in [-0.05, 0) is 25.7 Å². The van der Waals surface area contributed by atoms with Crippen LogP contribution in [0.25, 0.3) is 0 Å². The van der Waals surface area contributed by atoms with Crippen molar-refractivity contribution >= 4 is 20.2 Å². The Bertz CT molecular complexity index is 596. The van der Waals surface area contributed by atoms with Gasteiger partial charge in [-0.1, -0.05) is 0 Å². The molecule has 1 N–H and O–H groups in total. The van der Waals surface area contributed by atoms with Crippen LogP contribution in [0.4, 0.5) is 0 Å². The molecule has 0 aromatic rings. The molecule has 8 nitrogen and oxygen atoms in total. The molecule has 0 bridgehead atoms. The third-order valence-corrected chi connectivity index (χ3v) is 4.81. The molecule has 0 aliphatic carbocycles. The van der Waals surface area contributed by atoms with Crippen molar-refractivity contribution in [3.05, 3.63) is 24.3 Å². The molecule has 0 radical (unpaired) electrons. The summed E-state index contributed by atoms with van der Waals surface area (Å²) in [6.07, 6.45) is 6.51. The number of rotatable bonds is 9. The number of hydrogen-bond acceptors (Lipinski definition) is 8. The molecule has 1 heterocycles. The van der Waals surface area contributed by atoms with E-state index in [0.29, 0.717) is 12.8 Å². The maximum Gasteiger partial charge on any atom is 1.00 e. The number of nitrogens with zero attached hydrogens (tertiary/aromatic N) is 1. The molecular formula is C12H20N2Na2O6S2. The summed E-state index contributed by atoms with van der Waals surface area (Å²) < 4.78 is 64.0. The topological polar surface area (TPSA) is 130 Å². The first-order chi connectivity index (χ1) is 10.1. The van der Waals surface area contributed by atoms with E-state index in [9.17, 15) is 25.9 Å². The van der Waals surface area contributed by atoms with E-state index < -0.39 is 31.7 Å². The fourth-order valence-corrected chi connectivity index (χ4v) is 3.28. The quantitative estimate of drug-likeness (QED) is 0.300. The van der Waals surface area contributed by atoms with Crippen LogP contribution in [-0.2, 0) is 20.2 Å². The molecular weight excluding hydrogens is 378 g/mol. The van der Waals surface area contributed by atoms with Crippen molar-refractivity contribution < 1.29 is 85.1 Å². The van der Waals surface area contributed by atoms with Crippen LogP contribution in [0.2, 0.25) is 0 Å². The second-order valence-corrected chi connectivity index (χ2v) is 8.26. The van der Waals surface area contributed by atoms with Gasteiger partial charge in [0.2, 0.25) is 0 Å². The summed E-state index contributed by atoms with van der Waals surface area (Å²) in [6.45, 7) is 0. The van der Waals surface area contributed by atoms with Gasteiger partial charge in [0.25, 0.3) is 0 Å². The maximum absolute atomic E-state index is 10.7. The van der Waals surface area contributed by atoms with Crippen LogP contribution >= 0.6 is 0 Å². The molecule has 24 heavy (non-hydrogen) atoms. The summed E-state index contributed by atoms with van der Waals surface area (Å²) in [5.41, 5.74) is 0.802. The van der Waals surface area contributed by atoms with Gasteiger partial charge in [0, 0.05) is 48.8 Å². The third kappa shape index (κ3) is 13.2. The van der Waals surface area contributed by atoms with Crippen molar-refractivity contribution in [1.82, 2.24) is 10.2 Å². The minimum atomic E-state index is -4.27. The Morgan fingerprint density at radius 2 is 1.50 bits per heavy atom. The SMILES string of the molecule is CN1C=CNC(C(CCCS(=O)(=O)[O-])CCCS(=O)(=O)[O-])=C1.[Na+].[Na+]. The van der Waals surface area contributed by atoms with Gasteiger partial charge in [-0.3, -0.25) is 0 Å². The van der Waals surface area contributed by atoms with E-state index in [-0.39, 0.29) is 77.9 Å². The second-order valence-electron chi connectivity index (χ2n) is 5.21. The monoisotopic (exact) mass is 398 g/mol. The van der Waals surface area contributed by atoms with Crippen LogP contribution < -0.4 is 64.4 Å². The zero-order valence-corrected chi connectivity index (χ0v) is 19.9. The van der Waals surface area contributed by atoms with Crippen LogP contribution in [-0.4, -0.2) is 49.4 Å². The van der Waals surface area contributed by atoms with E-state index in [1.54, 1.807) is 17.3 Å². The summed E-state index contributed by atoms with van der Waals surface area (Å²) >= 11 is 0. The molecule has 0 saturated carbocycles. The van der Waals surface area contributed by atoms with Crippen molar-refractivity contribution in [3.63, 3.8) is 0 Å². The van der Waals surface area contributed by atoms with Crippen LogP contribution in [0.3, 0.4) is 0 Å². The first-order valence-corrected chi connectivity index (χ1v) is 9.96. The van der Waals surface area contributed by atoms with Gasteiger partial charge in [-0.2, -0.15) is 0 Å². The first-order valence-electron chi connectivity index (χ1n) is 6.81. The molecule has 12 heteroatoms. The van der Waals surface area contributed by atoms with Gasteiger partial charge in [-0.25, -0.2) is 16.8 Å². The van der Waals surface area contributed by atoms with Crippen molar-refractivity contribution in [1.29, 1.82) is 0 Å². The van der Waals surface area contributed by atoms with Gasteiger partial charge >= 0.3 is 59.1 Å². The summed E-state index contributed by atoms with van der Waals surface area (Å²) in [5.74, 6) is -1.05. The predicted octanol–water partition coefficient (Wildman–Crippen LogP) is -5.89. The van der Waals surface area contributed by atoms with Crippen LogP contribution in [0, 0.1) is 5.92 Å². The Balaban J connectivity index is 0. The van der Waals surface area contributed by atoms with Gasteiger partial charge in [0.05, 0.1) is 20.2 Å². The van der Waals surface area contributed by atoms with E-state index >= 15 is 0 Å². The standard InChI is InChI=1S/C12H22N2O6S2.2Na/c1-14-7-6-13-12(10-14)11(4-2-8-21(15,16)17)5-3-9-22(18,19)20;;/h6-7,10-11,13H,2-5,8-9H2,1H3,(H,15,16,17)(H,18,19,20);;/q;2*+1/p-2. The van der Waals surface area contributed by atoms with Crippen LogP contribution in [0.15, 0.2) is 24.3 Å². The van der Waals surface area contributed by atoms with Crippen molar-refractivity contribution in [2.75, 3.05) is 18.6 Å². The van der Waals surface area contributed by atoms with Crippen LogP contribution in [0.5, 0.6) is 0 Å². The van der Waals surface area contributed by atoms with Gasteiger partial charge < -0.3 is 19.3 Å². The fraction of sp³-hybridized carbons (Fsp3) is 0.667.